The molecule has 0 unspecified atom stereocenters. The minimum atomic E-state index is 0.787. The van der Waals surface area contributed by atoms with E-state index in [-0.39, 0.29) is 0 Å². The Bertz CT molecular complexity index is 519. The molecule has 1 heterocycles. The highest BCUT2D eigenvalue weighted by molar-refractivity contribution is 5.83. The number of ether oxygens (including phenoxy) is 1. The first-order valence-corrected chi connectivity index (χ1v) is 7.62. The summed E-state index contributed by atoms with van der Waals surface area (Å²) in [7, 11) is 1.76. The highest BCUT2D eigenvalue weighted by atomic mass is 16.5. The van der Waals surface area contributed by atoms with Crippen molar-refractivity contribution in [2.24, 2.45) is 5.73 Å². The third kappa shape index (κ3) is 3.84. The second-order valence-electron chi connectivity index (χ2n) is 5.31. The number of para-hydroxylation sites is 1. The maximum absolute atomic E-state index is 5.59. The van der Waals surface area contributed by atoms with Crippen LogP contribution in [-0.4, -0.2) is 24.8 Å². The molecule has 0 saturated carbocycles. The third-order valence-electron chi connectivity index (χ3n) is 3.77. The lowest BCUT2D eigenvalue weighted by Crippen LogP contribution is -1.99. The van der Waals surface area contributed by atoms with Gasteiger partial charge in [-0.05, 0) is 50.3 Å². The first-order chi connectivity index (χ1) is 9.86. The van der Waals surface area contributed by atoms with E-state index in [1.54, 1.807) is 7.11 Å². The van der Waals surface area contributed by atoms with Crippen molar-refractivity contribution in [1.29, 1.82) is 0 Å². The maximum Gasteiger partial charge on any atom is 0.0483 e. The van der Waals surface area contributed by atoms with E-state index >= 15 is 0 Å². The van der Waals surface area contributed by atoms with Crippen LogP contribution in [0.25, 0.3) is 10.9 Å². The van der Waals surface area contributed by atoms with E-state index in [2.05, 4.69) is 35.0 Å². The Balaban J connectivity index is 2.09. The molecular formula is C17H26N2O. The number of aromatic nitrogens is 1. The number of unbranched alkanes of at least 4 members (excludes halogenated alkanes) is 2. The SMILES string of the molecule is COCCCCn1cc(CCCCN)c2ccccc21. The van der Waals surface area contributed by atoms with Crippen molar-refractivity contribution < 1.29 is 4.74 Å². The van der Waals surface area contributed by atoms with Crippen molar-refractivity contribution in [2.45, 2.75) is 38.6 Å². The summed E-state index contributed by atoms with van der Waals surface area (Å²) in [6, 6.07) is 8.71. The summed E-state index contributed by atoms with van der Waals surface area (Å²) >= 11 is 0. The Labute approximate surface area is 121 Å². The smallest absolute Gasteiger partial charge is 0.0483 e. The summed E-state index contributed by atoms with van der Waals surface area (Å²) in [6.07, 6.45) is 8.01. The Kier molecular flexibility index (Phi) is 6.09. The van der Waals surface area contributed by atoms with Crippen molar-refractivity contribution in [3.63, 3.8) is 0 Å². The van der Waals surface area contributed by atoms with Gasteiger partial charge in [-0.2, -0.15) is 0 Å². The molecule has 3 heteroatoms. The molecule has 0 radical (unpaired) electrons. The van der Waals surface area contributed by atoms with Gasteiger partial charge in [0.2, 0.25) is 0 Å². The molecule has 110 valence electrons. The largest absolute Gasteiger partial charge is 0.385 e. The van der Waals surface area contributed by atoms with E-state index in [1.807, 2.05) is 0 Å². The van der Waals surface area contributed by atoms with Crippen LogP contribution in [0.1, 0.15) is 31.2 Å². The molecule has 0 spiro atoms. The lowest BCUT2D eigenvalue weighted by atomic mass is 10.1. The number of nitrogens with two attached hydrogens (primary N) is 1. The van der Waals surface area contributed by atoms with Gasteiger partial charge in [0.05, 0.1) is 0 Å². The molecule has 0 aliphatic carbocycles. The van der Waals surface area contributed by atoms with Crippen LogP contribution in [0.2, 0.25) is 0 Å². The van der Waals surface area contributed by atoms with Crippen LogP contribution in [0.15, 0.2) is 30.5 Å². The van der Waals surface area contributed by atoms with Gasteiger partial charge in [0.15, 0.2) is 0 Å². The summed E-state index contributed by atoms with van der Waals surface area (Å²) in [5.41, 5.74) is 8.40. The van der Waals surface area contributed by atoms with Crippen LogP contribution in [0.5, 0.6) is 0 Å². The molecule has 0 atom stereocenters. The summed E-state index contributed by atoms with van der Waals surface area (Å²) in [5.74, 6) is 0. The van der Waals surface area contributed by atoms with Crippen LogP contribution in [0.3, 0.4) is 0 Å². The fourth-order valence-electron chi connectivity index (χ4n) is 2.70. The number of methoxy groups -OCH3 is 1. The van der Waals surface area contributed by atoms with E-state index in [4.69, 9.17) is 10.5 Å². The molecule has 0 saturated heterocycles. The van der Waals surface area contributed by atoms with Crippen molar-refractivity contribution in [3.05, 3.63) is 36.0 Å². The van der Waals surface area contributed by atoms with Gasteiger partial charge in [-0.1, -0.05) is 18.2 Å². The number of nitrogens with zero attached hydrogens (tertiary/aromatic N) is 1. The Morgan fingerprint density at radius 2 is 1.95 bits per heavy atom. The normalized spacial score (nSPS) is 11.3. The zero-order valence-corrected chi connectivity index (χ0v) is 12.5. The molecule has 1 aromatic carbocycles. The van der Waals surface area contributed by atoms with Crippen LogP contribution >= 0.6 is 0 Å². The van der Waals surface area contributed by atoms with E-state index in [1.165, 1.54) is 22.9 Å². The van der Waals surface area contributed by atoms with Crippen molar-refractivity contribution in [3.8, 4) is 0 Å². The molecule has 1 aromatic heterocycles. The topological polar surface area (TPSA) is 40.2 Å². The van der Waals surface area contributed by atoms with Gasteiger partial charge in [0, 0.05) is 37.4 Å². The number of benzene rings is 1. The number of fused-ring (bicyclic) bond motifs is 1. The molecule has 2 aromatic rings. The van der Waals surface area contributed by atoms with Gasteiger partial charge in [0.1, 0.15) is 0 Å². The third-order valence-corrected chi connectivity index (χ3v) is 3.77. The number of rotatable bonds is 9. The first-order valence-electron chi connectivity index (χ1n) is 7.62. The monoisotopic (exact) mass is 274 g/mol. The van der Waals surface area contributed by atoms with E-state index in [9.17, 15) is 0 Å². The van der Waals surface area contributed by atoms with Gasteiger partial charge in [-0.25, -0.2) is 0 Å². The van der Waals surface area contributed by atoms with Crippen LogP contribution in [-0.2, 0) is 17.7 Å². The van der Waals surface area contributed by atoms with Crippen LogP contribution < -0.4 is 5.73 Å². The lowest BCUT2D eigenvalue weighted by molar-refractivity contribution is 0.191. The molecule has 0 bridgehead atoms. The van der Waals surface area contributed by atoms with Gasteiger partial charge < -0.3 is 15.0 Å². The fraction of sp³-hybridized carbons (Fsp3) is 0.529. The van der Waals surface area contributed by atoms with Crippen LogP contribution in [0.4, 0.5) is 0 Å². The quantitative estimate of drug-likeness (QED) is 0.712. The maximum atomic E-state index is 5.59. The predicted molar refractivity (Wildman–Crippen MR) is 85.0 cm³/mol. The van der Waals surface area contributed by atoms with Crippen molar-refractivity contribution >= 4 is 10.9 Å². The van der Waals surface area contributed by atoms with E-state index < -0.39 is 0 Å². The molecular weight excluding hydrogens is 248 g/mol. The zero-order valence-electron chi connectivity index (χ0n) is 12.5. The second kappa shape index (κ2) is 8.08. The Morgan fingerprint density at radius 1 is 1.10 bits per heavy atom. The minimum Gasteiger partial charge on any atom is -0.385 e. The summed E-state index contributed by atoms with van der Waals surface area (Å²) in [5, 5.41) is 1.40. The van der Waals surface area contributed by atoms with Crippen LogP contribution in [0, 0.1) is 0 Å². The molecule has 0 amide bonds. The molecule has 0 aliphatic heterocycles. The summed E-state index contributed by atoms with van der Waals surface area (Å²) in [6.45, 7) is 2.71. The molecule has 0 aliphatic rings. The van der Waals surface area contributed by atoms with Crippen molar-refractivity contribution in [2.75, 3.05) is 20.3 Å². The van der Waals surface area contributed by atoms with Gasteiger partial charge in [-0.15, -0.1) is 0 Å². The molecule has 20 heavy (non-hydrogen) atoms. The molecule has 0 fully saturated rings. The number of aryl methyl sites for hydroxylation is 2. The van der Waals surface area contributed by atoms with Crippen molar-refractivity contribution in [1.82, 2.24) is 4.57 Å². The minimum absolute atomic E-state index is 0.787. The zero-order chi connectivity index (χ0) is 14.2. The van der Waals surface area contributed by atoms with E-state index in [0.29, 0.717) is 0 Å². The fourth-order valence-corrected chi connectivity index (χ4v) is 2.70. The average molecular weight is 274 g/mol. The van der Waals surface area contributed by atoms with Gasteiger partial charge in [0.25, 0.3) is 0 Å². The lowest BCUT2D eigenvalue weighted by Gasteiger charge is -2.04. The molecule has 3 nitrogen and oxygen atoms in total. The highest BCUT2D eigenvalue weighted by Gasteiger charge is 2.07. The highest BCUT2D eigenvalue weighted by Crippen LogP contribution is 2.23. The summed E-state index contributed by atoms with van der Waals surface area (Å²) < 4.78 is 7.51. The first kappa shape index (κ1) is 15.1. The van der Waals surface area contributed by atoms with Gasteiger partial charge >= 0.3 is 0 Å². The summed E-state index contributed by atoms with van der Waals surface area (Å²) in [4.78, 5) is 0. The molecule has 2 rings (SSSR count). The van der Waals surface area contributed by atoms with E-state index in [0.717, 1.165) is 45.4 Å². The Hall–Kier alpha value is -1.32. The Morgan fingerprint density at radius 3 is 2.75 bits per heavy atom. The standard InChI is InChI=1S/C17H26N2O/c1-20-13-7-6-12-19-14-15(8-4-5-11-18)16-9-2-3-10-17(16)19/h2-3,9-10,14H,4-8,11-13,18H2,1H3. The predicted octanol–water partition coefficient (Wildman–Crippen LogP) is 3.35. The number of hydrogen-bond donors (Lipinski definition) is 1. The average Bonchev–Trinajstić information content (AvgIpc) is 2.83. The number of hydrogen-bond acceptors (Lipinski definition) is 2. The second-order valence-corrected chi connectivity index (χ2v) is 5.31. The van der Waals surface area contributed by atoms with Gasteiger partial charge in [-0.3, -0.25) is 0 Å². The molecule has 2 N–H and O–H groups in total.